The van der Waals surface area contributed by atoms with Gasteiger partial charge in [0, 0.05) is 23.1 Å². The summed E-state index contributed by atoms with van der Waals surface area (Å²) in [5.74, 6) is 0. The van der Waals surface area contributed by atoms with Crippen LogP contribution in [0.1, 0.15) is 5.56 Å². The van der Waals surface area contributed by atoms with Crippen molar-refractivity contribution in [2.45, 2.75) is 6.92 Å². The third-order valence-electron chi connectivity index (χ3n) is 3.24. The highest BCUT2D eigenvalue weighted by Crippen LogP contribution is 2.28. The number of benzene rings is 1. The second kappa shape index (κ2) is 3.74. The molecule has 0 saturated heterocycles. The van der Waals surface area contributed by atoms with Crippen LogP contribution in [0.25, 0.3) is 22.2 Å². The Hall–Kier alpha value is -2.09. The summed E-state index contributed by atoms with van der Waals surface area (Å²) in [6.07, 6.45) is 3.81. The molecule has 0 saturated carbocycles. The predicted octanol–water partition coefficient (Wildman–Crippen LogP) is 3.23. The van der Waals surface area contributed by atoms with Crippen molar-refractivity contribution in [1.29, 1.82) is 0 Å². The molecule has 0 atom stereocenters. The van der Waals surface area contributed by atoms with E-state index in [2.05, 4.69) is 42.9 Å². The molecule has 0 aliphatic rings. The molecule has 0 radical (unpaired) electrons. The lowest BCUT2D eigenvalue weighted by Crippen LogP contribution is -2.30. The summed E-state index contributed by atoms with van der Waals surface area (Å²) >= 11 is 0. The molecule has 0 bridgehead atoms. The van der Waals surface area contributed by atoms with Crippen molar-refractivity contribution in [3.8, 4) is 11.3 Å². The first kappa shape index (κ1) is 10.1. The number of rotatable bonds is 1. The molecule has 0 amide bonds. The van der Waals surface area contributed by atoms with E-state index < -0.39 is 0 Å². The molecule has 17 heavy (non-hydrogen) atoms. The van der Waals surface area contributed by atoms with Crippen molar-refractivity contribution in [2.24, 2.45) is 7.05 Å². The zero-order valence-electron chi connectivity index (χ0n) is 9.97. The first-order chi connectivity index (χ1) is 8.27. The van der Waals surface area contributed by atoms with Gasteiger partial charge in [-0.15, -0.1) is 0 Å². The summed E-state index contributed by atoms with van der Waals surface area (Å²) in [5, 5.41) is 1.19. The number of nitrogens with zero attached hydrogens (tertiary/aromatic N) is 1. The zero-order valence-corrected chi connectivity index (χ0v) is 9.97. The number of aromatic nitrogens is 1. The second-order valence-electron chi connectivity index (χ2n) is 4.27. The first-order valence-corrected chi connectivity index (χ1v) is 5.69. The summed E-state index contributed by atoms with van der Waals surface area (Å²) in [6.45, 7) is 2.14. The lowest BCUT2D eigenvalue weighted by molar-refractivity contribution is -0.660. The average molecular weight is 224 g/mol. The van der Waals surface area contributed by atoms with Crippen molar-refractivity contribution in [2.75, 3.05) is 0 Å². The molecule has 3 rings (SSSR count). The van der Waals surface area contributed by atoms with Gasteiger partial charge in [0.2, 0.25) is 5.69 Å². The van der Waals surface area contributed by atoms with Gasteiger partial charge in [-0.05, 0) is 36.8 Å². The van der Waals surface area contributed by atoms with E-state index in [1.807, 2.05) is 18.2 Å². The van der Waals surface area contributed by atoms with E-state index in [0.717, 1.165) is 5.58 Å². The van der Waals surface area contributed by atoms with Gasteiger partial charge in [-0.2, -0.15) is 0 Å². The van der Waals surface area contributed by atoms with Crippen molar-refractivity contribution >= 4 is 11.0 Å². The van der Waals surface area contributed by atoms with Gasteiger partial charge in [-0.3, -0.25) is 0 Å². The minimum Gasteiger partial charge on any atom is -0.464 e. The number of aryl methyl sites for hydroxylation is 2. The molecule has 0 N–H and O–H groups in total. The van der Waals surface area contributed by atoms with Gasteiger partial charge in [0.25, 0.3) is 0 Å². The van der Waals surface area contributed by atoms with Gasteiger partial charge in [0.15, 0.2) is 6.20 Å². The Morgan fingerprint density at radius 3 is 2.76 bits per heavy atom. The summed E-state index contributed by atoms with van der Waals surface area (Å²) in [4.78, 5) is 0. The molecule has 2 nitrogen and oxygen atoms in total. The molecule has 2 aromatic heterocycles. The third kappa shape index (κ3) is 1.53. The topological polar surface area (TPSA) is 17.0 Å². The third-order valence-corrected chi connectivity index (χ3v) is 3.24. The van der Waals surface area contributed by atoms with Crippen LogP contribution in [0.4, 0.5) is 0 Å². The standard InChI is InChI=1S/C15H14NO/c1-11-12(14-5-3-4-9-16(14)2)6-7-15-13(11)8-10-17-15/h3-10H,1-2H3/q+1. The fraction of sp³-hybridized carbons (Fsp3) is 0.133. The molecular formula is C15H14NO+. The molecule has 84 valence electrons. The van der Waals surface area contributed by atoms with E-state index in [9.17, 15) is 0 Å². The molecule has 1 aromatic carbocycles. The second-order valence-corrected chi connectivity index (χ2v) is 4.27. The van der Waals surface area contributed by atoms with Gasteiger partial charge in [-0.1, -0.05) is 0 Å². The van der Waals surface area contributed by atoms with Crippen LogP contribution < -0.4 is 4.57 Å². The molecular weight excluding hydrogens is 210 g/mol. The van der Waals surface area contributed by atoms with Crippen molar-refractivity contribution in [3.63, 3.8) is 0 Å². The largest absolute Gasteiger partial charge is 0.464 e. The summed E-state index contributed by atoms with van der Waals surface area (Å²) in [6, 6.07) is 12.4. The van der Waals surface area contributed by atoms with Crippen LogP contribution in [0.2, 0.25) is 0 Å². The van der Waals surface area contributed by atoms with E-state index in [0.29, 0.717) is 0 Å². The first-order valence-electron chi connectivity index (χ1n) is 5.69. The quantitative estimate of drug-likeness (QED) is 0.580. The van der Waals surface area contributed by atoms with Crippen LogP contribution >= 0.6 is 0 Å². The van der Waals surface area contributed by atoms with E-state index in [1.54, 1.807) is 6.26 Å². The van der Waals surface area contributed by atoms with Crippen LogP contribution in [0.15, 0.2) is 53.3 Å². The smallest absolute Gasteiger partial charge is 0.212 e. The molecule has 2 heteroatoms. The van der Waals surface area contributed by atoms with Crippen LogP contribution in [0.5, 0.6) is 0 Å². The van der Waals surface area contributed by atoms with E-state index in [1.165, 1.54) is 22.2 Å². The number of pyridine rings is 1. The zero-order chi connectivity index (χ0) is 11.8. The van der Waals surface area contributed by atoms with E-state index in [-0.39, 0.29) is 0 Å². The predicted molar refractivity (Wildman–Crippen MR) is 67.6 cm³/mol. The highest BCUT2D eigenvalue weighted by atomic mass is 16.3. The van der Waals surface area contributed by atoms with E-state index >= 15 is 0 Å². The van der Waals surface area contributed by atoms with Crippen LogP contribution in [-0.2, 0) is 7.05 Å². The number of hydrogen-bond acceptors (Lipinski definition) is 1. The van der Waals surface area contributed by atoms with Gasteiger partial charge in [0.1, 0.15) is 12.6 Å². The van der Waals surface area contributed by atoms with Gasteiger partial charge >= 0.3 is 0 Å². The minimum atomic E-state index is 0.949. The normalized spacial score (nSPS) is 10.9. The highest BCUT2D eigenvalue weighted by molar-refractivity contribution is 5.87. The Balaban J connectivity index is 2.31. The highest BCUT2D eigenvalue weighted by Gasteiger charge is 2.13. The molecule has 0 aliphatic heterocycles. The number of fused-ring (bicyclic) bond motifs is 1. The Labute approximate surface area is 100 Å². The van der Waals surface area contributed by atoms with Gasteiger partial charge in [-0.25, -0.2) is 4.57 Å². The lowest BCUT2D eigenvalue weighted by Gasteiger charge is -2.04. The monoisotopic (exact) mass is 224 g/mol. The molecule has 0 unspecified atom stereocenters. The Kier molecular flexibility index (Phi) is 2.22. The fourth-order valence-electron chi connectivity index (χ4n) is 2.27. The summed E-state index contributed by atoms with van der Waals surface area (Å²) < 4.78 is 7.55. The Morgan fingerprint density at radius 2 is 1.94 bits per heavy atom. The van der Waals surface area contributed by atoms with Crippen molar-refractivity contribution in [1.82, 2.24) is 0 Å². The number of hydrogen-bond donors (Lipinski definition) is 0. The maximum absolute atomic E-state index is 5.41. The van der Waals surface area contributed by atoms with Gasteiger partial charge in [0.05, 0.1) is 6.26 Å². The molecule has 0 spiro atoms. The molecule has 2 heterocycles. The Bertz CT molecular complexity index is 682. The molecule has 0 aliphatic carbocycles. The fourth-order valence-corrected chi connectivity index (χ4v) is 2.27. The van der Waals surface area contributed by atoms with Crippen LogP contribution in [0.3, 0.4) is 0 Å². The molecule has 3 aromatic rings. The summed E-state index contributed by atoms with van der Waals surface area (Å²) in [7, 11) is 2.06. The van der Waals surface area contributed by atoms with Crippen LogP contribution in [0, 0.1) is 6.92 Å². The van der Waals surface area contributed by atoms with E-state index in [4.69, 9.17) is 4.42 Å². The lowest BCUT2D eigenvalue weighted by atomic mass is 10.0. The average Bonchev–Trinajstić information content (AvgIpc) is 2.80. The Morgan fingerprint density at radius 1 is 1.06 bits per heavy atom. The maximum Gasteiger partial charge on any atom is 0.212 e. The van der Waals surface area contributed by atoms with Gasteiger partial charge < -0.3 is 4.42 Å². The van der Waals surface area contributed by atoms with Crippen LogP contribution in [-0.4, -0.2) is 0 Å². The minimum absolute atomic E-state index is 0.949. The number of furan rings is 1. The van der Waals surface area contributed by atoms with Crippen molar-refractivity contribution < 1.29 is 8.98 Å². The molecule has 0 fully saturated rings. The maximum atomic E-state index is 5.41. The van der Waals surface area contributed by atoms with Crippen molar-refractivity contribution in [3.05, 3.63) is 54.4 Å². The summed E-state index contributed by atoms with van der Waals surface area (Å²) in [5.41, 5.74) is 4.68. The SMILES string of the molecule is Cc1c(-c2cccc[n+]2C)ccc2occc12.